The van der Waals surface area contributed by atoms with Crippen LogP contribution in [0.4, 0.5) is 13.2 Å². The smallest absolute Gasteiger partial charge is 0.334 e. The molecular weight excluding hydrogens is 450 g/mol. The van der Waals surface area contributed by atoms with Crippen LogP contribution >= 0.6 is 23.2 Å². The van der Waals surface area contributed by atoms with Crippen LogP contribution < -0.4 is 0 Å². The molecule has 0 aromatic heterocycles. The van der Waals surface area contributed by atoms with E-state index in [-0.39, 0.29) is 17.9 Å². The zero-order valence-electron chi connectivity index (χ0n) is 17.3. The van der Waals surface area contributed by atoms with Crippen molar-refractivity contribution in [2.24, 2.45) is 0 Å². The summed E-state index contributed by atoms with van der Waals surface area (Å²) < 4.78 is 38.8. The summed E-state index contributed by atoms with van der Waals surface area (Å²) in [5.41, 5.74) is 0.610. The first-order valence-electron chi connectivity index (χ1n) is 9.44. The largest absolute Gasteiger partial charge is 0.416 e. The van der Waals surface area contributed by atoms with Gasteiger partial charge in [-0.15, -0.1) is 0 Å². The Balaban J connectivity index is 2.24. The van der Waals surface area contributed by atoms with Crippen molar-refractivity contribution in [1.82, 2.24) is 4.90 Å². The van der Waals surface area contributed by atoms with Gasteiger partial charge in [-0.2, -0.15) is 13.2 Å². The number of halogens is 5. The predicted molar refractivity (Wildman–Crippen MR) is 117 cm³/mol. The van der Waals surface area contributed by atoms with Crippen molar-refractivity contribution in [3.63, 3.8) is 0 Å². The van der Waals surface area contributed by atoms with Gasteiger partial charge in [-0.05, 0) is 56.2 Å². The molecule has 1 unspecified atom stereocenters. The van der Waals surface area contributed by atoms with Gasteiger partial charge < -0.3 is 4.90 Å². The number of rotatable bonds is 7. The molecular formula is C23H22Cl2F3NO2. The molecule has 8 heteroatoms. The molecule has 0 aliphatic rings. The van der Waals surface area contributed by atoms with Crippen molar-refractivity contribution in [3.8, 4) is 0 Å². The van der Waals surface area contributed by atoms with Crippen LogP contribution in [0.2, 0.25) is 10.0 Å². The third kappa shape index (κ3) is 6.84. The van der Waals surface area contributed by atoms with Crippen LogP contribution in [0, 0.1) is 0 Å². The van der Waals surface area contributed by atoms with E-state index in [0.717, 1.165) is 22.6 Å². The molecule has 0 N–H and O–H groups in total. The zero-order valence-corrected chi connectivity index (χ0v) is 18.8. The highest BCUT2D eigenvalue weighted by molar-refractivity contribution is 6.42. The van der Waals surface area contributed by atoms with E-state index in [0.29, 0.717) is 22.0 Å². The van der Waals surface area contributed by atoms with Crippen LogP contribution in [0.15, 0.2) is 54.1 Å². The first kappa shape index (κ1) is 25.0. The van der Waals surface area contributed by atoms with Gasteiger partial charge in [0, 0.05) is 18.5 Å². The Kier molecular flexibility index (Phi) is 8.32. The highest BCUT2D eigenvalue weighted by Crippen LogP contribution is 2.31. The summed E-state index contributed by atoms with van der Waals surface area (Å²) in [5, 5.41) is 0.665. The molecule has 0 aliphatic carbocycles. The Bertz CT molecular complexity index is 999. The lowest BCUT2D eigenvalue weighted by molar-refractivity contribution is -0.137. The summed E-state index contributed by atoms with van der Waals surface area (Å²) in [6.45, 7) is 3.54. The molecule has 0 aliphatic heterocycles. The Morgan fingerprint density at radius 1 is 1.06 bits per heavy atom. The van der Waals surface area contributed by atoms with E-state index in [1.54, 1.807) is 18.2 Å². The molecule has 0 fully saturated rings. The molecule has 2 aromatic rings. The second-order valence-corrected chi connectivity index (χ2v) is 8.26. The quantitative estimate of drug-likeness (QED) is 0.416. The van der Waals surface area contributed by atoms with Gasteiger partial charge in [0.15, 0.2) is 5.78 Å². The number of likely N-dealkylation sites (N-methyl/N-ethyl adjacent to an activating group) is 1. The van der Waals surface area contributed by atoms with Crippen LogP contribution in [0.5, 0.6) is 0 Å². The van der Waals surface area contributed by atoms with Crippen molar-refractivity contribution < 1.29 is 22.8 Å². The van der Waals surface area contributed by atoms with Gasteiger partial charge in [0.2, 0.25) is 0 Å². The lowest BCUT2D eigenvalue weighted by Crippen LogP contribution is -2.34. The maximum absolute atomic E-state index is 13.0. The Hall–Kier alpha value is -2.31. The summed E-state index contributed by atoms with van der Waals surface area (Å²) in [5.74, 6) is -1.52. The number of amides is 1. The average molecular weight is 472 g/mol. The van der Waals surface area contributed by atoms with E-state index < -0.39 is 23.6 Å². The number of alkyl halides is 3. The van der Waals surface area contributed by atoms with Gasteiger partial charge in [-0.1, -0.05) is 47.0 Å². The van der Waals surface area contributed by atoms with Gasteiger partial charge in [0.1, 0.15) is 0 Å². The van der Waals surface area contributed by atoms with Crippen LogP contribution in [0.3, 0.4) is 0 Å². The molecule has 2 aromatic carbocycles. The number of allylic oxidation sites excluding steroid dienone is 2. The highest BCUT2D eigenvalue weighted by atomic mass is 35.5. The van der Waals surface area contributed by atoms with Crippen molar-refractivity contribution in [3.05, 3.63) is 80.8 Å². The molecule has 0 radical (unpaired) electrons. The molecule has 166 valence electrons. The van der Waals surface area contributed by atoms with Crippen LogP contribution in [-0.4, -0.2) is 30.2 Å². The maximum Gasteiger partial charge on any atom is 0.416 e. The minimum Gasteiger partial charge on any atom is -0.334 e. The lowest BCUT2D eigenvalue weighted by Gasteiger charge is -2.21. The van der Waals surface area contributed by atoms with Gasteiger partial charge in [-0.25, -0.2) is 0 Å². The molecule has 3 nitrogen and oxygen atoms in total. The summed E-state index contributed by atoms with van der Waals surface area (Å²) in [6.07, 6.45) is -2.27. The van der Waals surface area contributed by atoms with E-state index in [1.807, 2.05) is 19.9 Å². The minimum absolute atomic E-state index is 0.138. The number of benzene rings is 2. The number of Topliss-reactive ketones (excluding diaryl/α,β-unsaturated/α-hetero) is 1. The fourth-order valence-corrected chi connectivity index (χ4v) is 3.31. The second-order valence-electron chi connectivity index (χ2n) is 7.45. The summed E-state index contributed by atoms with van der Waals surface area (Å²) >= 11 is 12.1. The number of carbonyl (C=O) groups excluding carboxylic acids is 2. The van der Waals surface area contributed by atoms with Crippen molar-refractivity contribution in [2.75, 3.05) is 13.6 Å². The zero-order chi connectivity index (χ0) is 23.3. The molecule has 2 rings (SSSR count). The Morgan fingerprint density at radius 2 is 1.74 bits per heavy atom. The maximum atomic E-state index is 13.0. The van der Waals surface area contributed by atoms with E-state index in [1.165, 1.54) is 19.2 Å². The number of hydrogen-bond acceptors (Lipinski definition) is 2. The lowest BCUT2D eigenvalue weighted by atomic mass is 9.90. The Morgan fingerprint density at radius 3 is 2.32 bits per heavy atom. The Labute approximate surface area is 189 Å². The van der Waals surface area contributed by atoms with Gasteiger partial charge in [0.05, 0.1) is 22.2 Å². The van der Waals surface area contributed by atoms with Crippen LogP contribution in [-0.2, 0) is 11.0 Å². The highest BCUT2D eigenvalue weighted by Gasteiger charge is 2.31. The fourth-order valence-electron chi connectivity index (χ4n) is 3.00. The predicted octanol–water partition coefficient (Wildman–Crippen LogP) is 6.79. The molecule has 0 saturated heterocycles. The first-order valence-corrected chi connectivity index (χ1v) is 10.2. The standard InChI is InChI=1S/C23H22Cl2F3NO2/c1-14(2)7-9-18(15-8-10-19(24)20(25)12-15)21(30)13-29(3)22(31)16-5-4-6-17(11-16)23(26,27)28/h4-8,10-12,18H,9,13H2,1-3H3. The molecule has 1 atom stereocenters. The van der Waals surface area contributed by atoms with Gasteiger partial charge in [0.25, 0.3) is 5.91 Å². The first-order chi connectivity index (χ1) is 14.4. The van der Waals surface area contributed by atoms with Gasteiger partial charge >= 0.3 is 6.18 Å². The molecule has 0 spiro atoms. The number of hydrogen-bond donors (Lipinski definition) is 0. The third-order valence-electron chi connectivity index (χ3n) is 4.67. The van der Waals surface area contributed by atoms with E-state index >= 15 is 0 Å². The monoisotopic (exact) mass is 471 g/mol. The van der Waals surface area contributed by atoms with E-state index in [4.69, 9.17) is 23.2 Å². The summed E-state index contributed by atoms with van der Waals surface area (Å²) in [4.78, 5) is 26.8. The topological polar surface area (TPSA) is 37.4 Å². The molecule has 0 bridgehead atoms. The SMILES string of the molecule is CC(C)=CCC(C(=O)CN(C)C(=O)c1cccc(C(F)(F)F)c1)c1ccc(Cl)c(Cl)c1. The number of carbonyl (C=O) groups is 2. The van der Waals surface area contributed by atoms with Gasteiger partial charge in [-0.3, -0.25) is 9.59 Å². The third-order valence-corrected chi connectivity index (χ3v) is 5.41. The average Bonchev–Trinajstić information content (AvgIpc) is 2.69. The molecule has 0 saturated carbocycles. The molecule has 31 heavy (non-hydrogen) atoms. The second kappa shape index (κ2) is 10.3. The number of nitrogens with zero attached hydrogens (tertiary/aromatic N) is 1. The summed E-state index contributed by atoms with van der Waals surface area (Å²) in [7, 11) is 1.38. The fraction of sp³-hybridized carbons (Fsp3) is 0.304. The van der Waals surface area contributed by atoms with E-state index in [9.17, 15) is 22.8 Å². The van der Waals surface area contributed by atoms with Crippen molar-refractivity contribution in [2.45, 2.75) is 32.4 Å². The van der Waals surface area contributed by atoms with Crippen molar-refractivity contribution >= 4 is 34.9 Å². The molecule has 0 heterocycles. The van der Waals surface area contributed by atoms with Crippen LogP contribution in [0.1, 0.15) is 47.7 Å². The van der Waals surface area contributed by atoms with E-state index in [2.05, 4.69) is 0 Å². The minimum atomic E-state index is -4.56. The number of ketones is 1. The molecule has 1 amide bonds. The van der Waals surface area contributed by atoms with Crippen LogP contribution in [0.25, 0.3) is 0 Å². The summed E-state index contributed by atoms with van der Waals surface area (Å²) in [6, 6.07) is 9.03. The van der Waals surface area contributed by atoms with Crippen molar-refractivity contribution in [1.29, 1.82) is 0 Å². The normalized spacial score (nSPS) is 12.3.